The summed E-state index contributed by atoms with van der Waals surface area (Å²) in [6, 6.07) is 7.82. The van der Waals surface area contributed by atoms with Crippen molar-refractivity contribution < 1.29 is 9.84 Å². The SMILES string of the molecule is C=CC1CC2C1CCC2C(O)c1ccnc2ccc(OC)cc12. The van der Waals surface area contributed by atoms with Gasteiger partial charge < -0.3 is 9.84 Å². The molecule has 3 heteroatoms. The molecule has 2 aliphatic carbocycles. The number of allylic oxidation sites excluding steroid dienone is 1. The van der Waals surface area contributed by atoms with Crippen molar-refractivity contribution in [2.45, 2.75) is 25.4 Å². The number of pyridine rings is 1. The van der Waals surface area contributed by atoms with E-state index in [1.165, 1.54) is 12.8 Å². The third-order valence-corrected chi connectivity index (χ3v) is 6.04. The molecule has 2 aromatic rings. The number of hydrogen-bond donors (Lipinski definition) is 1. The number of benzene rings is 1. The zero-order valence-electron chi connectivity index (χ0n) is 13.5. The fourth-order valence-electron chi connectivity index (χ4n) is 4.73. The van der Waals surface area contributed by atoms with Gasteiger partial charge >= 0.3 is 0 Å². The van der Waals surface area contributed by atoms with Crippen LogP contribution in [-0.2, 0) is 0 Å². The Kier molecular flexibility index (Phi) is 3.61. The Balaban J connectivity index is 1.67. The Labute approximate surface area is 137 Å². The molecular formula is C20H23NO2. The van der Waals surface area contributed by atoms with Crippen molar-refractivity contribution in [3.8, 4) is 5.75 Å². The van der Waals surface area contributed by atoms with Crippen molar-refractivity contribution in [1.29, 1.82) is 0 Å². The lowest BCUT2D eigenvalue weighted by molar-refractivity contribution is 0.0266. The highest BCUT2D eigenvalue weighted by molar-refractivity contribution is 5.83. The van der Waals surface area contributed by atoms with Crippen molar-refractivity contribution >= 4 is 10.9 Å². The van der Waals surface area contributed by atoms with Gasteiger partial charge in [-0.3, -0.25) is 4.98 Å². The second-order valence-corrected chi connectivity index (χ2v) is 6.93. The predicted molar refractivity (Wildman–Crippen MR) is 91.3 cm³/mol. The molecule has 5 atom stereocenters. The average Bonchev–Trinajstić information content (AvgIpc) is 2.90. The van der Waals surface area contributed by atoms with E-state index in [4.69, 9.17) is 4.74 Å². The molecule has 120 valence electrons. The van der Waals surface area contributed by atoms with Gasteiger partial charge in [0.25, 0.3) is 0 Å². The van der Waals surface area contributed by atoms with Gasteiger partial charge in [-0.25, -0.2) is 0 Å². The minimum atomic E-state index is -0.423. The van der Waals surface area contributed by atoms with Crippen molar-refractivity contribution in [3.05, 3.63) is 48.7 Å². The number of aliphatic hydroxyl groups is 1. The van der Waals surface area contributed by atoms with Crippen LogP contribution in [-0.4, -0.2) is 17.2 Å². The molecule has 2 aliphatic rings. The van der Waals surface area contributed by atoms with Crippen LogP contribution in [0, 0.1) is 23.7 Å². The average molecular weight is 309 g/mol. The molecular weight excluding hydrogens is 286 g/mol. The van der Waals surface area contributed by atoms with Crippen LogP contribution in [0.4, 0.5) is 0 Å². The van der Waals surface area contributed by atoms with Gasteiger partial charge in [0.1, 0.15) is 5.75 Å². The van der Waals surface area contributed by atoms with E-state index in [1.54, 1.807) is 13.3 Å². The standard InChI is InChI=1S/C20H23NO2/c1-3-12-10-17-14(12)5-6-15(17)20(22)16-8-9-21-19-7-4-13(23-2)11-18(16)19/h3-4,7-9,11-12,14-15,17,20,22H,1,5-6,10H2,2H3. The first-order chi connectivity index (χ1) is 11.2. The molecule has 0 spiro atoms. The van der Waals surface area contributed by atoms with Crippen LogP contribution in [0.1, 0.15) is 30.9 Å². The maximum absolute atomic E-state index is 11.1. The van der Waals surface area contributed by atoms with Crippen LogP contribution in [0.25, 0.3) is 10.9 Å². The highest BCUT2D eigenvalue weighted by Gasteiger charge is 2.50. The van der Waals surface area contributed by atoms with Gasteiger partial charge in [0.05, 0.1) is 18.7 Å². The number of hydrogen-bond acceptors (Lipinski definition) is 3. The minimum Gasteiger partial charge on any atom is -0.497 e. The molecule has 0 saturated heterocycles. The lowest BCUT2D eigenvalue weighted by atomic mass is 9.63. The van der Waals surface area contributed by atoms with E-state index in [0.29, 0.717) is 17.8 Å². The van der Waals surface area contributed by atoms with Gasteiger partial charge in [-0.15, -0.1) is 6.58 Å². The monoisotopic (exact) mass is 309 g/mol. The number of rotatable bonds is 4. The zero-order valence-corrected chi connectivity index (χ0v) is 13.5. The number of fused-ring (bicyclic) bond motifs is 2. The second kappa shape index (κ2) is 5.64. The van der Waals surface area contributed by atoms with Crippen molar-refractivity contribution in [2.75, 3.05) is 7.11 Å². The quantitative estimate of drug-likeness (QED) is 0.864. The van der Waals surface area contributed by atoms with E-state index in [0.717, 1.165) is 34.6 Å². The minimum absolute atomic E-state index is 0.355. The van der Waals surface area contributed by atoms with E-state index in [9.17, 15) is 5.11 Å². The van der Waals surface area contributed by atoms with Gasteiger partial charge in [-0.2, -0.15) is 0 Å². The molecule has 1 heterocycles. The van der Waals surface area contributed by atoms with Gasteiger partial charge in [0.2, 0.25) is 0 Å². The molecule has 4 rings (SSSR count). The summed E-state index contributed by atoms with van der Waals surface area (Å²) in [5.74, 6) is 3.19. The summed E-state index contributed by atoms with van der Waals surface area (Å²) in [5, 5.41) is 12.1. The first-order valence-electron chi connectivity index (χ1n) is 8.46. The summed E-state index contributed by atoms with van der Waals surface area (Å²) < 4.78 is 5.34. The second-order valence-electron chi connectivity index (χ2n) is 6.93. The molecule has 0 aliphatic heterocycles. The number of aromatic nitrogens is 1. The first kappa shape index (κ1) is 14.7. The summed E-state index contributed by atoms with van der Waals surface area (Å²) in [6.07, 6.45) is 6.98. The molecule has 2 fully saturated rings. The maximum Gasteiger partial charge on any atom is 0.119 e. The van der Waals surface area contributed by atoms with Gasteiger partial charge in [-0.1, -0.05) is 6.08 Å². The number of nitrogens with zero attached hydrogens (tertiary/aromatic N) is 1. The fourth-order valence-corrected chi connectivity index (χ4v) is 4.73. The number of ether oxygens (including phenoxy) is 1. The smallest absolute Gasteiger partial charge is 0.119 e. The molecule has 1 aromatic carbocycles. The molecule has 0 radical (unpaired) electrons. The van der Waals surface area contributed by atoms with Crippen molar-refractivity contribution in [3.63, 3.8) is 0 Å². The van der Waals surface area contributed by atoms with Crippen molar-refractivity contribution in [2.24, 2.45) is 23.7 Å². The third kappa shape index (κ3) is 2.26. The predicted octanol–water partition coefficient (Wildman–Crippen LogP) is 4.13. The van der Waals surface area contributed by atoms with Gasteiger partial charge in [0.15, 0.2) is 0 Å². The molecule has 2 saturated carbocycles. The summed E-state index contributed by atoms with van der Waals surface area (Å²) >= 11 is 0. The normalized spacial score (nSPS) is 30.5. The van der Waals surface area contributed by atoms with Crippen LogP contribution < -0.4 is 4.74 Å². The van der Waals surface area contributed by atoms with Crippen LogP contribution in [0.5, 0.6) is 5.75 Å². The van der Waals surface area contributed by atoms with E-state index in [-0.39, 0.29) is 0 Å². The topological polar surface area (TPSA) is 42.4 Å². The number of aliphatic hydroxyl groups excluding tert-OH is 1. The molecule has 0 amide bonds. The Hall–Kier alpha value is -1.87. The Morgan fingerprint density at radius 1 is 1.30 bits per heavy atom. The zero-order chi connectivity index (χ0) is 16.0. The lowest BCUT2D eigenvalue weighted by Gasteiger charge is -2.42. The van der Waals surface area contributed by atoms with E-state index < -0.39 is 6.10 Å². The highest BCUT2D eigenvalue weighted by atomic mass is 16.5. The number of methoxy groups -OCH3 is 1. The van der Waals surface area contributed by atoms with Crippen LogP contribution in [0.15, 0.2) is 43.1 Å². The molecule has 1 N–H and O–H groups in total. The lowest BCUT2D eigenvalue weighted by Crippen LogP contribution is -2.36. The summed E-state index contributed by atoms with van der Waals surface area (Å²) in [7, 11) is 1.67. The Morgan fingerprint density at radius 3 is 2.96 bits per heavy atom. The van der Waals surface area contributed by atoms with Gasteiger partial charge in [-0.05, 0) is 72.8 Å². The van der Waals surface area contributed by atoms with Crippen molar-refractivity contribution in [1.82, 2.24) is 4.98 Å². The molecule has 1 aromatic heterocycles. The van der Waals surface area contributed by atoms with Gasteiger partial charge in [0, 0.05) is 11.6 Å². The summed E-state index contributed by atoms with van der Waals surface area (Å²) in [4.78, 5) is 4.42. The third-order valence-electron chi connectivity index (χ3n) is 6.04. The molecule has 0 bridgehead atoms. The Bertz CT molecular complexity index is 741. The largest absolute Gasteiger partial charge is 0.497 e. The van der Waals surface area contributed by atoms with E-state index in [2.05, 4.69) is 17.6 Å². The summed E-state index contributed by atoms with van der Waals surface area (Å²) in [5.41, 5.74) is 1.90. The molecule has 3 nitrogen and oxygen atoms in total. The first-order valence-corrected chi connectivity index (χ1v) is 8.46. The van der Waals surface area contributed by atoms with E-state index >= 15 is 0 Å². The van der Waals surface area contributed by atoms with Crippen LogP contribution >= 0.6 is 0 Å². The molecule has 23 heavy (non-hydrogen) atoms. The summed E-state index contributed by atoms with van der Waals surface area (Å²) in [6.45, 7) is 3.95. The van der Waals surface area contributed by atoms with Crippen LogP contribution in [0.2, 0.25) is 0 Å². The highest BCUT2D eigenvalue weighted by Crippen LogP contribution is 2.57. The maximum atomic E-state index is 11.1. The Morgan fingerprint density at radius 2 is 2.17 bits per heavy atom. The fraction of sp³-hybridized carbons (Fsp3) is 0.450. The molecule has 5 unspecified atom stereocenters. The van der Waals surface area contributed by atoms with Crippen LogP contribution in [0.3, 0.4) is 0 Å². The van der Waals surface area contributed by atoms with E-state index in [1.807, 2.05) is 24.3 Å².